The molecule has 0 radical (unpaired) electrons. The maximum Gasteiger partial charge on any atom is 0.407 e. The Morgan fingerprint density at radius 3 is 2.77 bits per heavy atom. The van der Waals surface area contributed by atoms with Crippen molar-refractivity contribution in [2.45, 2.75) is 69.5 Å². The van der Waals surface area contributed by atoms with Crippen LogP contribution in [-0.2, 0) is 9.47 Å². The van der Waals surface area contributed by atoms with Gasteiger partial charge >= 0.3 is 6.09 Å². The Balaban J connectivity index is 1.87. The molecule has 1 amide bonds. The third-order valence-electron chi connectivity index (χ3n) is 4.04. The van der Waals surface area contributed by atoms with Gasteiger partial charge in [-0.3, -0.25) is 5.32 Å². The lowest BCUT2D eigenvalue weighted by Gasteiger charge is -2.44. The maximum absolute atomic E-state index is 11.7. The van der Waals surface area contributed by atoms with Crippen LogP contribution in [0.25, 0.3) is 0 Å². The minimum atomic E-state index is -0.607. The maximum atomic E-state index is 11.7. The van der Waals surface area contributed by atoms with Gasteiger partial charge in [-0.25, -0.2) is 4.79 Å². The summed E-state index contributed by atoms with van der Waals surface area (Å²) in [7, 11) is 0. The Bertz CT molecular complexity index is 428. The van der Waals surface area contributed by atoms with E-state index in [1.165, 1.54) is 0 Å². The van der Waals surface area contributed by atoms with E-state index in [1.807, 2.05) is 26.8 Å². The first-order valence-corrected chi connectivity index (χ1v) is 7.90. The molecule has 1 aliphatic heterocycles. The molecule has 6 nitrogen and oxygen atoms in total. The second-order valence-electron chi connectivity index (χ2n) is 7.30. The molecule has 2 unspecified atom stereocenters. The molecule has 2 aliphatic rings. The predicted molar refractivity (Wildman–Crippen MR) is 83.5 cm³/mol. The number of aliphatic hydroxyl groups is 1. The number of rotatable bonds is 5. The standard InChI is InChI=1S/C16H28N2O4/c1-5-6-15(9-10-17-13(20)21-14(2,3)4)11-18-12(19)16(22-15)7-8-16/h5,12,18-19H,1,6-11H2,2-4H3,(H,17,20). The van der Waals surface area contributed by atoms with Crippen molar-refractivity contribution in [3.05, 3.63) is 12.7 Å². The lowest BCUT2D eigenvalue weighted by atomic mass is 9.92. The van der Waals surface area contributed by atoms with Crippen LogP contribution < -0.4 is 10.6 Å². The van der Waals surface area contributed by atoms with Crippen molar-refractivity contribution in [2.24, 2.45) is 0 Å². The molecule has 6 heteroatoms. The van der Waals surface area contributed by atoms with Crippen LogP contribution in [0, 0.1) is 0 Å². The van der Waals surface area contributed by atoms with Crippen LogP contribution >= 0.6 is 0 Å². The molecule has 0 aromatic carbocycles. The number of nitrogens with one attached hydrogen (secondary N) is 2. The van der Waals surface area contributed by atoms with Crippen molar-refractivity contribution >= 4 is 6.09 Å². The first-order chi connectivity index (χ1) is 10.2. The van der Waals surface area contributed by atoms with Crippen LogP contribution in [0.15, 0.2) is 12.7 Å². The SMILES string of the molecule is C=CCC1(CCNC(=O)OC(C)(C)C)CNC(O)C2(CC2)O1. The van der Waals surface area contributed by atoms with E-state index in [0.29, 0.717) is 25.9 Å². The first-order valence-electron chi connectivity index (χ1n) is 7.90. The number of amides is 1. The van der Waals surface area contributed by atoms with Gasteiger partial charge in [0.2, 0.25) is 0 Å². The number of carbonyl (C=O) groups is 1. The molecule has 2 rings (SSSR count). The molecule has 2 atom stereocenters. The predicted octanol–water partition coefficient (Wildman–Crippen LogP) is 1.69. The van der Waals surface area contributed by atoms with Gasteiger partial charge in [-0.05, 0) is 46.5 Å². The van der Waals surface area contributed by atoms with Gasteiger partial charge in [0, 0.05) is 13.1 Å². The molecule has 2 fully saturated rings. The van der Waals surface area contributed by atoms with Crippen LogP contribution in [0.3, 0.4) is 0 Å². The molecule has 0 aromatic rings. The van der Waals surface area contributed by atoms with Gasteiger partial charge in [-0.15, -0.1) is 6.58 Å². The summed E-state index contributed by atoms with van der Waals surface area (Å²) in [6.07, 6.45) is 3.82. The molecular formula is C16H28N2O4. The summed E-state index contributed by atoms with van der Waals surface area (Å²) < 4.78 is 11.5. The largest absolute Gasteiger partial charge is 0.444 e. The number of alkyl carbamates (subject to hydrolysis) is 1. The van der Waals surface area contributed by atoms with Crippen molar-refractivity contribution in [3.63, 3.8) is 0 Å². The molecule has 1 saturated carbocycles. The molecule has 1 aliphatic carbocycles. The van der Waals surface area contributed by atoms with Gasteiger partial charge in [0.25, 0.3) is 0 Å². The summed E-state index contributed by atoms with van der Waals surface area (Å²) in [6.45, 7) is 10.3. The van der Waals surface area contributed by atoms with Gasteiger partial charge in [-0.2, -0.15) is 0 Å². The topological polar surface area (TPSA) is 79.8 Å². The quantitative estimate of drug-likeness (QED) is 0.673. The highest BCUT2D eigenvalue weighted by Gasteiger charge is 2.57. The van der Waals surface area contributed by atoms with Gasteiger partial charge < -0.3 is 19.9 Å². The number of carbonyl (C=O) groups excluding carboxylic acids is 1. The summed E-state index contributed by atoms with van der Waals surface area (Å²) in [6, 6.07) is 0. The first kappa shape index (κ1) is 17.2. The fourth-order valence-electron chi connectivity index (χ4n) is 2.82. The average Bonchev–Trinajstić information content (AvgIpc) is 3.13. The summed E-state index contributed by atoms with van der Waals surface area (Å²) in [5.41, 5.74) is -1.40. The lowest BCUT2D eigenvalue weighted by Crippen LogP contribution is -2.61. The van der Waals surface area contributed by atoms with Crippen molar-refractivity contribution < 1.29 is 19.4 Å². The Morgan fingerprint density at radius 1 is 1.55 bits per heavy atom. The molecule has 1 heterocycles. The zero-order valence-corrected chi connectivity index (χ0v) is 13.8. The van der Waals surface area contributed by atoms with Crippen LogP contribution in [0.4, 0.5) is 4.79 Å². The summed E-state index contributed by atoms with van der Waals surface area (Å²) >= 11 is 0. The molecule has 3 N–H and O–H groups in total. The molecule has 0 aromatic heterocycles. The van der Waals surface area contributed by atoms with Crippen molar-refractivity contribution in [3.8, 4) is 0 Å². The highest BCUT2D eigenvalue weighted by molar-refractivity contribution is 5.67. The highest BCUT2D eigenvalue weighted by atomic mass is 16.6. The monoisotopic (exact) mass is 312 g/mol. The van der Waals surface area contributed by atoms with Crippen LogP contribution in [0.5, 0.6) is 0 Å². The molecule has 1 saturated heterocycles. The number of aliphatic hydroxyl groups excluding tert-OH is 1. The van der Waals surface area contributed by atoms with Crippen LogP contribution in [0.2, 0.25) is 0 Å². The van der Waals surface area contributed by atoms with E-state index >= 15 is 0 Å². The fraction of sp³-hybridized carbons (Fsp3) is 0.812. The third kappa shape index (κ3) is 4.21. The van der Waals surface area contributed by atoms with Crippen molar-refractivity contribution in [1.82, 2.24) is 10.6 Å². The van der Waals surface area contributed by atoms with E-state index < -0.39 is 29.1 Å². The summed E-state index contributed by atoms with van der Waals surface area (Å²) in [5.74, 6) is 0. The Hall–Kier alpha value is -1.11. The van der Waals surface area contributed by atoms with E-state index in [2.05, 4.69) is 17.2 Å². The van der Waals surface area contributed by atoms with E-state index in [-0.39, 0.29) is 0 Å². The van der Waals surface area contributed by atoms with Gasteiger partial charge in [0.05, 0.1) is 5.60 Å². The summed E-state index contributed by atoms with van der Waals surface area (Å²) in [5, 5.41) is 15.9. The van der Waals surface area contributed by atoms with E-state index in [9.17, 15) is 9.90 Å². The second-order valence-corrected chi connectivity index (χ2v) is 7.30. The molecular weight excluding hydrogens is 284 g/mol. The number of hydrogen-bond acceptors (Lipinski definition) is 5. The smallest absolute Gasteiger partial charge is 0.407 e. The van der Waals surface area contributed by atoms with Gasteiger partial charge in [0.15, 0.2) is 0 Å². The van der Waals surface area contributed by atoms with Crippen LogP contribution in [-0.4, -0.2) is 47.3 Å². The minimum absolute atomic E-state index is 0.425. The molecule has 0 bridgehead atoms. The molecule has 126 valence electrons. The van der Waals surface area contributed by atoms with E-state index in [0.717, 1.165) is 12.8 Å². The van der Waals surface area contributed by atoms with E-state index in [4.69, 9.17) is 9.47 Å². The molecule has 1 spiro atoms. The summed E-state index contributed by atoms with van der Waals surface area (Å²) in [4.78, 5) is 11.7. The third-order valence-corrected chi connectivity index (χ3v) is 4.04. The number of hydrogen-bond donors (Lipinski definition) is 3. The second kappa shape index (κ2) is 6.18. The van der Waals surface area contributed by atoms with Gasteiger partial charge in [-0.1, -0.05) is 6.08 Å². The Labute approximate surface area is 132 Å². The fourth-order valence-corrected chi connectivity index (χ4v) is 2.82. The Morgan fingerprint density at radius 2 is 2.23 bits per heavy atom. The van der Waals surface area contributed by atoms with Crippen LogP contribution in [0.1, 0.15) is 46.5 Å². The van der Waals surface area contributed by atoms with Gasteiger partial charge in [0.1, 0.15) is 17.4 Å². The van der Waals surface area contributed by atoms with E-state index in [1.54, 1.807) is 0 Å². The average molecular weight is 312 g/mol. The Kier molecular flexibility index (Phi) is 4.84. The number of morpholine rings is 1. The van der Waals surface area contributed by atoms with Crippen molar-refractivity contribution in [2.75, 3.05) is 13.1 Å². The normalized spacial score (nSPS) is 29.9. The van der Waals surface area contributed by atoms with Crippen molar-refractivity contribution in [1.29, 1.82) is 0 Å². The zero-order valence-electron chi connectivity index (χ0n) is 13.8. The minimum Gasteiger partial charge on any atom is -0.444 e. The number of ether oxygens (including phenoxy) is 2. The highest BCUT2D eigenvalue weighted by Crippen LogP contribution is 2.48. The zero-order chi connectivity index (χ0) is 16.4. The lowest BCUT2D eigenvalue weighted by molar-refractivity contribution is -0.194. The molecule has 22 heavy (non-hydrogen) atoms.